The molecule has 1 rings (SSSR count). The number of hydrogen-bond acceptors (Lipinski definition) is 2. The Balaban J connectivity index is 2.69. The zero-order valence-electron chi connectivity index (χ0n) is 6.00. The second-order valence-electron chi connectivity index (χ2n) is 2.48. The van der Waals surface area contributed by atoms with E-state index in [-0.39, 0.29) is 5.91 Å². The molecule has 0 radical (unpaired) electrons. The van der Waals surface area contributed by atoms with Gasteiger partial charge < -0.3 is 10.0 Å². The second-order valence-corrected chi connectivity index (χ2v) is 2.48. The predicted molar refractivity (Wildman–Crippen MR) is 37.6 cm³/mol. The largest absolute Gasteiger partial charge is 0.515 e. The van der Waals surface area contributed by atoms with Crippen LogP contribution in [-0.4, -0.2) is 29.5 Å². The van der Waals surface area contributed by atoms with Crippen LogP contribution in [0.2, 0.25) is 0 Å². The number of nitrogens with zero attached hydrogens (tertiary/aromatic N) is 1. The standard InChI is InChI=1S/C7H11NO2/c1-8-4-2-3-6(5-9)7(8)10/h5,9H,2-4H2,1H3/b6-5+. The predicted octanol–water partition coefficient (Wildman–Crippen LogP) is 0.681. The molecule has 0 bridgehead atoms. The maximum atomic E-state index is 11.1. The first-order valence-corrected chi connectivity index (χ1v) is 3.34. The molecule has 1 heterocycles. The van der Waals surface area contributed by atoms with Crippen LogP contribution < -0.4 is 0 Å². The molecular weight excluding hydrogens is 130 g/mol. The quantitative estimate of drug-likeness (QED) is 0.398. The highest BCUT2D eigenvalue weighted by molar-refractivity contribution is 5.93. The summed E-state index contributed by atoms with van der Waals surface area (Å²) in [5.41, 5.74) is 0.522. The van der Waals surface area contributed by atoms with Crippen LogP contribution in [-0.2, 0) is 4.79 Å². The molecule has 3 heteroatoms. The molecule has 1 saturated heterocycles. The third-order valence-corrected chi connectivity index (χ3v) is 1.72. The van der Waals surface area contributed by atoms with Crippen LogP contribution in [0.5, 0.6) is 0 Å². The van der Waals surface area contributed by atoms with Gasteiger partial charge in [-0.1, -0.05) is 0 Å². The number of aliphatic hydroxyl groups is 1. The van der Waals surface area contributed by atoms with Crippen molar-refractivity contribution >= 4 is 5.91 Å². The van der Waals surface area contributed by atoms with Crippen LogP contribution in [0.15, 0.2) is 11.8 Å². The van der Waals surface area contributed by atoms with Crippen molar-refractivity contribution in [2.24, 2.45) is 0 Å². The van der Waals surface area contributed by atoms with Crippen molar-refractivity contribution in [1.29, 1.82) is 0 Å². The molecule has 1 fully saturated rings. The van der Waals surface area contributed by atoms with E-state index in [2.05, 4.69) is 0 Å². The third kappa shape index (κ3) is 1.12. The minimum atomic E-state index is -0.0475. The van der Waals surface area contributed by atoms with E-state index in [4.69, 9.17) is 5.11 Å². The molecule has 1 amide bonds. The summed E-state index contributed by atoms with van der Waals surface area (Å²) in [6, 6.07) is 0. The number of piperidine rings is 1. The molecule has 1 aliphatic heterocycles. The van der Waals surface area contributed by atoms with E-state index in [1.54, 1.807) is 11.9 Å². The van der Waals surface area contributed by atoms with E-state index in [1.807, 2.05) is 0 Å². The summed E-state index contributed by atoms with van der Waals surface area (Å²) < 4.78 is 0. The van der Waals surface area contributed by atoms with Gasteiger partial charge in [0.05, 0.1) is 11.8 Å². The summed E-state index contributed by atoms with van der Waals surface area (Å²) in [5.74, 6) is -0.0475. The number of hydrogen-bond donors (Lipinski definition) is 1. The molecule has 0 spiro atoms. The van der Waals surface area contributed by atoms with Gasteiger partial charge in [-0.3, -0.25) is 4.79 Å². The maximum Gasteiger partial charge on any atom is 0.252 e. The highest BCUT2D eigenvalue weighted by Gasteiger charge is 2.19. The summed E-state index contributed by atoms with van der Waals surface area (Å²) >= 11 is 0. The van der Waals surface area contributed by atoms with Crippen LogP contribution in [0.4, 0.5) is 0 Å². The number of rotatable bonds is 0. The van der Waals surface area contributed by atoms with Crippen molar-refractivity contribution in [2.75, 3.05) is 13.6 Å². The number of likely N-dealkylation sites (tertiary alicyclic amines) is 1. The molecule has 10 heavy (non-hydrogen) atoms. The fourth-order valence-electron chi connectivity index (χ4n) is 1.08. The molecule has 0 aromatic heterocycles. The number of aliphatic hydroxyl groups excluding tert-OH is 1. The first-order valence-electron chi connectivity index (χ1n) is 3.34. The Morgan fingerprint density at radius 3 is 2.90 bits per heavy atom. The van der Waals surface area contributed by atoms with Gasteiger partial charge in [0.25, 0.3) is 5.91 Å². The number of carbonyl (C=O) groups is 1. The van der Waals surface area contributed by atoms with E-state index in [0.717, 1.165) is 19.2 Å². The van der Waals surface area contributed by atoms with Crippen molar-refractivity contribution < 1.29 is 9.90 Å². The van der Waals surface area contributed by atoms with Gasteiger partial charge >= 0.3 is 0 Å². The molecule has 0 aromatic carbocycles. The average molecular weight is 141 g/mol. The molecule has 1 N–H and O–H groups in total. The molecule has 0 unspecified atom stereocenters. The van der Waals surface area contributed by atoms with Gasteiger partial charge in [-0.05, 0) is 12.8 Å². The second kappa shape index (κ2) is 2.73. The Morgan fingerprint density at radius 1 is 1.70 bits per heavy atom. The lowest BCUT2D eigenvalue weighted by Crippen LogP contribution is -2.33. The first-order chi connectivity index (χ1) is 4.75. The summed E-state index contributed by atoms with van der Waals surface area (Å²) in [4.78, 5) is 12.7. The van der Waals surface area contributed by atoms with Crippen LogP contribution in [0.3, 0.4) is 0 Å². The van der Waals surface area contributed by atoms with E-state index >= 15 is 0 Å². The fourth-order valence-corrected chi connectivity index (χ4v) is 1.08. The van der Waals surface area contributed by atoms with Gasteiger partial charge in [-0.15, -0.1) is 0 Å². The van der Waals surface area contributed by atoms with Gasteiger partial charge in [0.1, 0.15) is 0 Å². The molecule has 0 saturated carbocycles. The van der Waals surface area contributed by atoms with Crippen LogP contribution in [0.25, 0.3) is 0 Å². The molecule has 1 aliphatic rings. The Kier molecular flexibility index (Phi) is 1.94. The lowest BCUT2D eigenvalue weighted by molar-refractivity contribution is -0.127. The smallest absolute Gasteiger partial charge is 0.252 e. The minimum absolute atomic E-state index is 0.0475. The van der Waals surface area contributed by atoms with Gasteiger partial charge in [0.15, 0.2) is 0 Å². The Hall–Kier alpha value is -0.990. The van der Waals surface area contributed by atoms with E-state index in [9.17, 15) is 4.79 Å². The summed E-state index contributed by atoms with van der Waals surface area (Å²) in [5, 5.41) is 8.57. The fraction of sp³-hybridized carbons (Fsp3) is 0.571. The lowest BCUT2D eigenvalue weighted by atomic mass is 10.1. The van der Waals surface area contributed by atoms with Crippen molar-refractivity contribution in [2.45, 2.75) is 12.8 Å². The highest BCUT2D eigenvalue weighted by Crippen LogP contribution is 2.14. The van der Waals surface area contributed by atoms with Crippen molar-refractivity contribution in [3.8, 4) is 0 Å². The maximum absolute atomic E-state index is 11.1. The molecule has 3 nitrogen and oxygen atoms in total. The normalized spacial score (nSPS) is 23.9. The Labute approximate surface area is 59.9 Å². The lowest BCUT2D eigenvalue weighted by Gasteiger charge is -2.23. The molecule has 56 valence electrons. The number of amides is 1. The number of likely N-dealkylation sites (N-methyl/N-ethyl adjacent to an activating group) is 1. The van der Waals surface area contributed by atoms with E-state index < -0.39 is 0 Å². The topological polar surface area (TPSA) is 40.5 Å². The summed E-state index contributed by atoms with van der Waals surface area (Å²) in [6.07, 6.45) is 2.58. The monoisotopic (exact) mass is 141 g/mol. The van der Waals surface area contributed by atoms with E-state index in [0.29, 0.717) is 12.0 Å². The zero-order valence-corrected chi connectivity index (χ0v) is 6.00. The van der Waals surface area contributed by atoms with Gasteiger partial charge in [-0.25, -0.2) is 0 Å². The van der Waals surface area contributed by atoms with E-state index in [1.165, 1.54) is 0 Å². The van der Waals surface area contributed by atoms with Crippen molar-refractivity contribution in [1.82, 2.24) is 4.90 Å². The minimum Gasteiger partial charge on any atom is -0.515 e. The molecule has 0 aliphatic carbocycles. The highest BCUT2D eigenvalue weighted by atomic mass is 16.2. The summed E-state index contributed by atoms with van der Waals surface area (Å²) in [7, 11) is 1.74. The van der Waals surface area contributed by atoms with Crippen LogP contribution in [0, 0.1) is 0 Å². The van der Waals surface area contributed by atoms with Gasteiger partial charge in [-0.2, -0.15) is 0 Å². The van der Waals surface area contributed by atoms with Crippen molar-refractivity contribution in [3.05, 3.63) is 11.8 Å². The molecular formula is C7H11NO2. The van der Waals surface area contributed by atoms with Crippen LogP contribution in [0.1, 0.15) is 12.8 Å². The zero-order chi connectivity index (χ0) is 7.56. The Bertz CT molecular complexity index is 174. The van der Waals surface area contributed by atoms with Crippen LogP contribution >= 0.6 is 0 Å². The van der Waals surface area contributed by atoms with Gasteiger partial charge in [0, 0.05) is 13.6 Å². The number of carbonyl (C=O) groups excluding carboxylic acids is 1. The first kappa shape index (κ1) is 7.12. The summed E-state index contributed by atoms with van der Waals surface area (Å²) in [6.45, 7) is 0.802. The molecule has 0 aromatic rings. The SMILES string of the molecule is CN1CCC/C(=C\O)C1=O. The van der Waals surface area contributed by atoms with Crippen molar-refractivity contribution in [3.63, 3.8) is 0 Å². The average Bonchev–Trinajstić information content (AvgIpc) is 1.95. The Morgan fingerprint density at radius 2 is 2.40 bits per heavy atom. The van der Waals surface area contributed by atoms with Gasteiger partial charge in [0.2, 0.25) is 0 Å². The third-order valence-electron chi connectivity index (χ3n) is 1.72. The molecule has 0 atom stereocenters.